The van der Waals surface area contributed by atoms with Crippen molar-refractivity contribution < 1.29 is 14.2 Å². The molecule has 31 heavy (non-hydrogen) atoms. The topological polar surface area (TPSA) is 49.7 Å². The van der Waals surface area contributed by atoms with Gasteiger partial charge in [0, 0.05) is 18.1 Å². The normalized spacial score (nSPS) is 10.9. The van der Waals surface area contributed by atoms with Gasteiger partial charge in [-0.3, -0.25) is 4.79 Å². The quantitative estimate of drug-likeness (QED) is 0.398. The molecule has 0 aliphatic heterocycles. The summed E-state index contributed by atoms with van der Waals surface area (Å²) in [6.07, 6.45) is 0. The summed E-state index contributed by atoms with van der Waals surface area (Å²) in [7, 11) is 3.22. The van der Waals surface area contributed by atoms with Crippen LogP contribution in [0.25, 0.3) is 22.0 Å². The van der Waals surface area contributed by atoms with Gasteiger partial charge in [-0.1, -0.05) is 42.0 Å². The van der Waals surface area contributed by atoms with Crippen LogP contribution in [0.3, 0.4) is 0 Å². The molecule has 158 valence electrons. The van der Waals surface area contributed by atoms with Gasteiger partial charge in [0.05, 0.1) is 19.3 Å². The highest BCUT2D eigenvalue weighted by molar-refractivity contribution is 5.87. The van der Waals surface area contributed by atoms with Gasteiger partial charge in [0.25, 0.3) is 5.56 Å². The van der Waals surface area contributed by atoms with Crippen LogP contribution in [0.5, 0.6) is 11.5 Å². The molecule has 1 aromatic heterocycles. The first-order valence-corrected chi connectivity index (χ1v) is 10.1. The number of pyridine rings is 1. The SMILES string of the molecule is COCOc1ccccc1-c1cc2cc(C)ccc2c(=O)n1Cc1ccc(OC)cc1. The summed E-state index contributed by atoms with van der Waals surface area (Å²) in [6.45, 7) is 2.59. The maximum Gasteiger partial charge on any atom is 0.259 e. The highest BCUT2D eigenvalue weighted by Gasteiger charge is 2.15. The molecule has 0 amide bonds. The number of nitrogens with zero attached hydrogens (tertiary/aromatic N) is 1. The van der Waals surface area contributed by atoms with E-state index in [0.717, 1.165) is 33.5 Å². The summed E-state index contributed by atoms with van der Waals surface area (Å²) >= 11 is 0. The maximum atomic E-state index is 13.6. The molecule has 0 spiro atoms. The zero-order chi connectivity index (χ0) is 21.8. The highest BCUT2D eigenvalue weighted by atomic mass is 16.7. The molecule has 4 rings (SSSR count). The molecule has 5 nitrogen and oxygen atoms in total. The molecule has 0 saturated heterocycles. The molecular formula is C26H25NO4. The number of aryl methyl sites for hydroxylation is 1. The minimum atomic E-state index is -0.0372. The fourth-order valence-electron chi connectivity index (χ4n) is 3.70. The number of fused-ring (bicyclic) bond motifs is 1. The predicted molar refractivity (Wildman–Crippen MR) is 123 cm³/mol. The van der Waals surface area contributed by atoms with Crippen molar-refractivity contribution in [2.24, 2.45) is 0 Å². The number of hydrogen-bond acceptors (Lipinski definition) is 4. The van der Waals surface area contributed by atoms with E-state index in [4.69, 9.17) is 14.2 Å². The summed E-state index contributed by atoms with van der Waals surface area (Å²) in [5.41, 5.74) is 3.71. The lowest BCUT2D eigenvalue weighted by Gasteiger charge is -2.18. The van der Waals surface area contributed by atoms with E-state index in [0.29, 0.717) is 17.7 Å². The Labute approximate surface area is 181 Å². The van der Waals surface area contributed by atoms with Gasteiger partial charge in [0.2, 0.25) is 0 Å². The van der Waals surface area contributed by atoms with Crippen LogP contribution in [0, 0.1) is 6.92 Å². The summed E-state index contributed by atoms with van der Waals surface area (Å²) in [5, 5.41) is 1.60. The van der Waals surface area contributed by atoms with Gasteiger partial charge < -0.3 is 18.8 Å². The van der Waals surface area contributed by atoms with Crippen molar-refractivity contribution in [1.82, 2.24) is 4.57 Å². The standard InChI is InChI=1S/C26H25NO4/c1-18-8-13-22-20(14-18)15-24(23-6-4-5-7-25(23)31-17-29-2)27(26(22)28)16-19-9-11-21(30-3)12-10-19/h4-15H,16-17H2,1-3H3. The van der Waals surface area contributed by atoms with Crippen molar-refractivity contribution in [2.45, 2.75) is 13.5 Å². The molecule has 0 unspecified atom stereocenters. The maximum absolute atomic E-state index is 13.6. The number of ether oxygens (including phenoxy) is 3. The lowest BCUT2D eigenvalue weighted by Crippen LogP contribution is -2.23. The van der Waals surface area contributed by atoms with Crippen LogP contribution in [0.2, 0.25) is 0 Å². The fraction of sp³-hybridized carbons (Fsp3) is 0.192. The van der Waals surface area contributed by atoms with Crippen molar-refractivity contribution in [1.29, 1.82) is 0 Å². The Hall–Kier alpha value is -3.57. The van der Waals surface area contributed by atoms with Crippen LogP contribution >= 0.6 is 0 Å². The molecule has 0 atom stereocenters. The number of rotatable bonds is 7. The van der Waals surface area contributed by atoms with Crippen molar-refractivity contribution in [3.8, 4) is 22.8 Å². The van der Waals surface area contributed by atoms with Crippen LogP contribution in [0.4, 0.5) is 0 Å². The number of methoxy groups -OCH3 is 2. The molecule has 0 radical (unpaired) electrons. The first-order valence-electron chi connectivity index (χ1n) is 10.1. The lowest BCUT2D eigenvalue weighted by molar-refractivity contribution is 0.0515. The van der Waals surface area contributed by atoms with Gasteiger partial charge in [0.15, 0.2) is 6.79 Å². The first kappa shape index (κ1) is 20.7. The molecule has 1 heterocycles. The van der Waals surface area contributed by atoms with Gasteiger partial charge in [0.1, 0.15) is 11.5 Å². The molecule has 0 aliphatic carbocycles. The molecule has 4 aromatic rings. The Morgan fingerprint density at radius 2 is 1.68 bits per heavy atom. The van der Waals surface area contributed by atoms with E-state index in [1.54, 1.807) is 18.8 Å². The Morgan fingerprint density at radius 3 is 2.42 bits per heavy atom. The van der Waals surface area contributed by atoms with E-state index in [9.17, 15) is 4.79 Å². The molecule has 0 bridgehead atoms. The van der Waals surface area contributed by atoms with E-state index < -0.39 is 0 Å². The zero-order valence-electron chi connectivity index (χ0n) is 17.9. The summed E-state index contributed by atoms with van der Waals surface area (Å²) in [5.74, 6) is 1.45. The monoisotopic (exact) mass is 415 g/mol. The van der Waals surface area contributed by atoms with Gasteiger partial charge in [-0.05, 0) is 54.3 Å². The smallest absolute Gasteiger partial charge is 0.259 e. The predicted octanol–water partition coefficient (Wildman–Crippen LogP) is 5.02. The second-order valence-corrected chi connectivity index (χ2v) is 7.41. The van der Waals surface area contributed by atoms with Crippen LogP contribution < -0.4 is 15.0 Å². The first-order chi connectivity index (χ1) is 15.1. The van der Waals surface area contributed by atoms with Crippen molar-refractivity contribution in [3.05, 3.63) is 94.3 Å². The van der Waals surface area contributed by atoms with Crippen molar-refractivity contribution in [2.75, 3.05) is 21.0 Å². The Kier molecular flexibility index (Phi) is 6.05. The lowest BCUT2D eigenvalue weighted by atomic mass is 10.0. The van der Waals surface area contributed by atoms with Crippen LogP contribution in [0.15, 0.2) is 77.6 Å². The molecule has 0 fully saturated rings. The molecule has 0 N–H and O–H groups in total. The second kappa shape index (κ2) is 9.06. The van der Waals surface area contributed by atoms with Gasteiger partial charge in [-0.25, -0.2) is 0 Å². The van der Waals surface area contributed by atoms with Gasteiger partial charge >= 0.3 is 0 Å². The third kappa shape index (κ3) is 4.32. The van der Waals surface area contributed by atoms with E-state index >= 15 is 0 Å². The summed E-state index contributed by atoms with van der Waals surface area (Å²) in [6, 6.07) is 23.4. The second-order valence-electron chi connectivity index (χ2n) is 7.41. The number of para-hydroxylation sites is 1. The number of benzene rings is 3. The van der Waals surface area contributed by atoms with Gasteiger partial charge in [-0.2, -0.15) is 0 Å². The van der Waals surface area contributed by atoms with Crippen LogP contribution in [0.1, 0.15) is 11.1 Å². The van der Waals surface area contributed by atoms with Crippen molar-refractivity contribution in [3.63, 3.8) is 0 Å². The van der Waals surface area contributed by atoms with Gasteiger partial charge in [-0.15, -0.1) is 0 Å². The largest absolute Gasteiger partial charge is 0.497 e. The van der Waals surface area contributed by atoms with E-state index in [2.05, 4.69) is 6.07 Å². The third-order valence-electron chi connectivity index (χ3n) is 5.26. The third-order valence-corrected chi connectivity index (χ3v) is 5.26. The molecular weight excluding hydrogens is 390 g/mol. The number of hydrogen-bond donors (Lipinski definition) is 0. The van der Waals surface area contributed by atoms with Crippen LogP contribution in [-0.2, 0) is 11.3 Å². The average molecular weight is 415 g/mol. The zero-order valence-corrected chi connectivity index (χ0v) is 17.9. The van der Waals surface area contributed by atoms with Crippen LogP contribution in [-0.4, -0.2) is 25.6 Å². The van der Waals surface area contributed by atoms with E-state index in [1.807, 2.05) is 73.7 Å². The fourth-order valence-corrected chi connectivity index (χ4v) is 3.70. The molecule has 3 aromatic carbocycles. The summed E-state index contributed by atoms with van der Waals surface area (Å²) < 4.78 is 18.0. The minimum absolute atomic E-state index is 0.0372. The highest BCUT2D eigenvalue weighted by Crippen LogP contribution is 2.31. The molecule has 5 heteroatoms. The van der Waals surface area contributed by atoms with E-state index in [1.165, 1.54) is 0 Å². The molecule has 0 aliphatic rings. The van der Waals surface area contributed by atoms with E-state index in [-0.39, 0.29) is 12.4 Å². The Bertz CT molecular complexity index is 1260. The average Bonchev–Trinajstić information content (AvgIpc) is 2.80. The minimum Gasteiger partial charge on any atom is -0.497 e. The molecule has 0 saturated carbocycles. The number of aromatic nitrogens is 1. The summed E-state index contributed by atoms with van der Waals surface area (Å²) in [4.78, 5) is 13.6. The Balaban J connectivity index is 1.92. The Morgan fingerprint density at radius 1 is 0.903 bits per heavy atom. The van der Waals surface area contributed by atoms with Crippen molar-refractivity contribution >= 4 is 10.8 Å².